The van der Waals surface area contributed by atoms with Gasteiger partial charge in [0.2, 0.25) is 10.0 Å². The molecule has 0 aromatic heterocycles. The SMILES string of the molecule is Cc1ccc(N(Cc2ccc(C(=O)Nc3cccc(C)c3C)cc2)S(C)(=O)=O)cc1C. The van der Waals surface area contributed by atoms with Crippen LogP contribution in [0.4, 0.5) is 11.4 Å². The van der Waals surface area contributed by atoms with Crippen LogP contribution in [-0.4, -0.2) is 20.6 Å². The molecule has 31 heavy (non-hydrogen) atoms. The van der Waals surface area contributed by atoms with Crippen molar-refractivity contribution in [3.8, 4) is 0 Å². The highest BCUT2D eigenvalue weighted by atomic mass is 32.2. The van der Waals surface area contributed by atoms with Gasteiger partial charge in [0, 0.05) is 11.3 Å². The molecule has 0 bridgehead atoms. The second-order valence-corrected chi connectivity index (χ2v) is 9.84. The van der Waals surface area contributed by atoms with Gasteiger partial charge in [-0.15, -0.1) is 0 Å². The normalized spacial score (nSPS) is 11.3. The smallest absolute Gasteiger partial charge is 0.255 e. The van der Waals surface area contributed by atoms with Crippen LogP contribution in [0.1, 0.15) is 38.2 Å². The lowest BCUT2D eigenvalue weighted by molar-refractivity contribution is 0.102. The average Bonchev–Trinajstić information content (AvgIpc) is 2.71. The molecule has 0 atom stereocenters. The molecule has 0 spiro atoms. The van der Waals surface area contributed by atoms with Crippen LogP contribution in [0.3, 0.4) is 0 Å². The summed E-state index contributed by atoms with van der Waals surface area (Å²) in [7, 11) is -3.47. The highest BCUT2D eigenvalue weighted by molar-refractivity contribution is 7.92. The Hall–Kier alpha value is -3.12. The number of nitrogens with one attached hydrogen (secondary N) is 1. The van der Waals surface area contributed by atoms with Gasteiger partial charge in [0.15, 0.2) is 0 Å². The van der Waals surface area contributed by atoms with Crippen molar-refractivity contribution in [2.75, 3.05) is 15.9 Å². The zero-order valence-electron chi connectivity index (χ0n) is 18.6. The molecule has 0 saturated carbocycles. The molecule has 1 N–H and O–H groups in total. The highest BCUT2D eigenvalue weighted by Gasteiger charge is 2.19. The first-order chi connectivity index (χ1) is 14.6. The lowest BCUT2D eigenvalue weighted by atomic mass is 10.1. The maximum Gasteiger partial charge on any atom is 0.255 e. The largest absolute Gasteiger partial charge is 0.322 e. The molecule has 162 valence electrons. The predicted octanol–water partition coefficient (Wildman–Crippen LogP) is 5.14. The van der Waals surface area contributed by atoms with E-state index < -0.39 is 10.0 Å². The molecule has 0 aliphatic carbocycles. The van der Waals surface area contributed by atoms with Crippen LogP contribution in [-0.2, 0) is 16.6 Å². The Kier molecular flexibility index (Phi) is 6.51. The summed E-state index contributed by atoms with van der Waals surface area (Å²) in [6, 6.07) is 18.4. The first-order valence-corrected chi connectivity index (χ1v) is 11.9. The Bertz CT molecular complexity index is 1220. The average molecular weight is 437 g/mol. The Morgan fingerprint density at radius 1 is 0.871 bits per heavy atom. The van der Waals surface area contributed by atoms with E-state index in [0.717, 1.165) is 33.5 Å². The monoisotopic (exact) mass is 436 g/mol. The summed E-state index contributed by atoms with van der Waals surface area (Å²) in [5.41, 5.74) is 7.01. The van der Waals surface area contributed by atoms with Gasteiger partial charge in [-0.2, -0.15) is 0 Å². The molecule has 0 heterocycles. The summed E-state index contributed by atoms with van der Waals surface area (Å²) in [6.45, 7) is 8.12. The van der Waals surface area contributed by atoms with E-state index in [-0.39, 0.29) is 12.5 Å². The fourth-order valence-electron chi connectivity index (χ4n) is 3.29. The molecule has 1 amide bonds. The molecule has 5 nitrogen and oxygen atoms in total. The van der Waals surface area contributed by atoms with E-state index in [1.165, 1.54) is 10.6 Å². The van der Waals surface area contributed by atoms with Gasteiger partial charge in [-0.1, -0.05) is 30.3 Å². The molecule has 3 rings (SSSR count). The topological polar surface area (TPSA) is 66.5 Å². The first-order valence-electron chi connectivity index (χ1n) is 10.1. The first kappa shape index (κ1) is 22.6. The van der Waals surface area contributed by atoms with Crippen molar-refractivity contribution in [3.05, 3.63) is 94.0 Å². The number of rotatable bonds is 6. The summed E-state index contributed by atoms with van der Waals surface area (Å²) in [6.07, 6.45) is 1.20. The van der Waals surface area contributed by atoms with Crippen LogP contribution in [0.5, 0.6) is 0 Å². The third kappa shape index (κ3) is 5.33. The van der Waals surface area contributed by atoms with E-state index in [0.29, 0.717) is 11.3 Å². The third-order valence-electron chi connectivity index (χ3n) is 5.57. The molecule has 3 aromatic rings. The molecule has 0 radical (unpaired) electrons. The molecule has 3 aromatic carbocycles. The van der Waals surface area contributed by atoms with Crippen LogP contribution in [0.25, 0.3) is 0 Å². The van der Waals surface area contributed by atoms with Crippen LogP contribution >= 0.6 is 0 Å². The summed E-state index contributed by atoms with van der Waals surface area (Å²) < 4.78 is 26.2. The maximum atomic E-state index is 12.6. The van der Waals surface area contributed by atoms with Crippen LogP contribution in [0.15, 0.2) is 60.7 Å². The summed E-state index contributed by atoms with van der Waals surface area (Å²) in [4.78, 5) is 12.6. The quantitative estimate of drug-likeness (QED) is 0.582. The molecular weight excluding hydrogens is 408 g/mol. The van der Waals surface area contributed by atoms with Crippen molar-refractivity contribution in [2.45, 2.75) is 34.2 Å². The molecule has 6 heteroatoms. The summed E-state index contributed by atoms with van der Waals surface area (Å²) in [5, 5.41) is 2.94. The van der Waals surface area contributed by atoms with E-state index in [4.69, 9.17) is 0 Å². The molecule has 0 fully saturated rings. The number of sulfonamides is 1. The summed E-state index contributed by atoms with van der Waals surface area (Å²) in [5.74, 6) is -0.200. The Labute approximate surface area is 184 Å². The number of hydrogen-bond acceptors (Lipinski definition) is 3. The second kappa shape index (κ2) is 8.94. The maximum absolute atomic E-state index is 12.6. The number of carbonyl (C=O) groups excluding carboxylic acids is 1. The van der Waals surface area contributed by atoms with Gasteiger partial charge in [-0.25, -0.2) is 8.42 Å². The Morgan fingerprint density at radius 3 is 2.16 bits per heavy atom. The van der Waals surface area contributed by atoms with Crippen LogP contribution < -0.4 is 9.62 Å². The van der Waals surface area contributed by atoms with Gasteiger partial charge in [-0.05, 0) is 85.8 Å². The van der Waals surface area contributed by atoms with Crippen molar-refractivity contribution in [1.29, 1.82) is 0 Å². The second-order valence-electron chi connectivity index (χ2n) is 7.94. The summed E-state index contributed by atoms with van der Waals surface area (Å²) >= 11 is 0. The number of aryl methyl sites for hydroxylation is 3. The zero-order chi connectivity index (χ0) is 22.8. The number of benzene rings is 3. The molecule has 0 saturated heterocycles. The minimum absolute atomic E-state index is 0.195. The van der Waals surface area contributed by atoms with E-state index in [1.54, 1.807) is 24.3 Å². The number of anilines is 2. The standard InChI is InChI=1S/C25H28N2O3S/c1-17-9-14-23(15-19(17)3)27(31(5,29)30)16-21-10-12-22(13-11-21)25(28)26-24-8-6-7-18(2)20(24)4/h6-15H,16H2,1-5H3,(H,26,28). The van der Waals surface area contributed by atoms with Gasteiger partial charge in [-0.3, -0.25) is 9.10 Å². The highest BCUT2D eigenvalue weighted by Crippen LogP contribution is 2.24. The van der Waals surface area contributed by atoms with Gasteiger partial charge in [0.05, 0.1) is 18.5 Å². The van der Waals surface area contributed by atoms with Gasteiger partial charge >= 0.3 is 0 Å². The Balaban J connectivity index is 1.80. The van der Waals surface area contributed by atoms with E-state index >= 15 is 0 Å². The predicted molar refractivity (Wildman–Crippen MR) is 127 cm³/mol. The minimum atomic E-state index is -3.47. The number of nitrogens with zero attached hydrogens (tertiary/aromatic N) is 1. The number of amides is 1. The number of carbonyl (C=O) groups is 1. The van der Waals surface area contributed by atoms with Crippen molar-refractivity contribution >= 4 is 27.3 Å². The van der Waals surface area contributed by atoms with E-state index in [9.17, 15) is 13.2 Å². The van der Waals surface area contributed by atoms with Crippen molar-refractivity contribution < 1.29 is 13.2 Å². The fourth-order valence-corrected chi connectivity index (χ4v) is 4.17. The van der Waals surface area contributed by atoms with Gasteiger partial charge < -0.3 is 5.32 Å². The van der Waals surface area contributed by atoms with Gasteiger partial charge in [0.1, 0.15) is 0 Å². The lowest BCUT2D eigenvalue weighted by Gasteiger charge is -2.23. The third-order valence-corrected chi connectivity index (χ3v) is 6.71. The van der Waals surface area contributed by atoms with E-state index in [2.05, 4.69) is 5.32 Å². The zero-order valence-corrected chi connectivity index (χ0v) is 19.4. The molecule has 0 aliphatic heterocycles. The Morgan fingerprint density at radius 2 is 1.55 bits per heavy atom. The van der Waals surface area contributed by atoms with Crippen LogP contribution in [0, 0.1) is 27.7 Å². The van der Waals surface area contributed by atoms with Gasteiger partial charge in [0.25, 0.3) is 5.91 Å². The fraction of sp³-hybridized carbons (Fsp3) is 0.240. The van der Waals surface area contributed by atoms with Crippen molar-refractivity contribution in [3.63, 3.8) is 0 Å². The van der Waals surface area contributed by atoms with E-state index in [1.807, 2.05) is 64.1 Å². The number of hydrogen-bond donors (Lipinski definition) is 1. The molecule has 0 unspecified atom stereocenters. The van der Waals surface area contributed by atoms with Crippen molar-refractivity contribution in [1.82, 2.24) is 0 Å². The lowest BCUT2D eigenvalue weighted by Crippen LogP contribution is -2.29. The molecular formula is C25H28N2O3S. The minimum Gasteiger partial charge on any atom is -0.322 e. The molecule has 0 aliphatic rings. The van der Waals surface area contributed by atoms with Crippen LogP contribution in [0.2, 0.25) is 0 Å². The van der Waals surface area contributed by atoms with Crippen molar-refractivity contribution in [2.24, 2.45) is 0 Å².